The molecule has 0 bridgehead atoms. The third-order valence-electron chi connectivity index (χ3n) is 12.1. The van der Waals surface area contributed by atoms with Crippen LogP contribution in [0.15, 0.2) is 60.8 Å². The number of imidazole rings is 2. The number of hydrogen-bond acceptors (Lipinski definition) is 5. The highest BCUT2D eigenvalue weighted by molar-refractivity contribution is 5.85. The molecule has 2 fully saturated rings. The standard InChI is InChI=1S/C46H54F4N6O2/c1-5-6-7-8-9-10-11-22-55-23-12-14-39(55)41-51-28-38(54-41)31-17-20-33-32-19-16-29(25-34(32)45(47,48)46(49,50)35(33)26-31)30-18-21-36-37(27-30)53-42(52-36)40-15-13-24-56(40)43(57)58-44(2,3)4/h16-21,25-28,39-40H,5-15,22-24H2,1-4H3,(H,51,54)(H,52,53)/t39?,40-/m0/s1. The second-order valence-electron chi connectivity index (χ2n) is 17.4. The first-order valence-corrected chi connectivity index (χ1v) is 21.1. The van der Waals surface area contributed by atoms with Gasteiger partial charge in [-0.3, -0.25) is 9.80 Å². The molecule has 0 saturated carbocycles. The molecule has 2 N–H and O–H groups in total. The Bertz CT molecular complexity index is 2280. The van der Waals surface area contributed by atoms with E-state index in [9.17, 15) is 4.79 Å². The number of carbonyl (C=O) groups excluding carboxylic acids is 1. The van der Waals surface area contributed by atoms with Gasteiger partial charge in [-0.2, -0.15) is 17.6 Å². The number of fused-ring (bicyclic) bond motifs is 4. The molecule has 4 heterocycles. The van der Waals surface area contributed by atoms with Crippen molar-refractivity contribution in [3.8, 4) is 33.5 Å². The average molecular weight is 799 g/mol. The van der Waals surface area contributed by atoms with Gasteiger partial charge in [0.15, 0.2) is 0 Å². The van der Waals surface area contributed by atoms with Crippen LogP contribution >= 0.6 is 0 Å². The lowest BCUT2D eigenvalue weighted by Crippen LogP contribution is -2.39. The topological polar surface area (TPSA) is 90.1 Å². The number of nitrogens with zero attached hydrogens (tertiary/aromatic N) is 4. The fraction of sp³-hybridized carbons (Fsp3) is 0.500. The van der Waals surface area contributed by atoms with Gasteiger partial charge in [-0.25, -0.2) is 14.8 Å². The number of alkyl halides is 4. The van der Waals surface area contributed by atoms with Gasteiger partial charge in [0.2, 0.25) is 0 Å². The molecule has 12 heteroatoms. The van der Waals surface area contributed by atoms with Crippen molar-refractivity contribution in [2.45, 2.75) is 128 Å². The van der Waals surface area contributed by atoms with E-state index in [1.807, 2.05) is 20.8 Å². The Labute approximate surface area is 337 Å². The molecule has 58 heavy (non-hydrogen) atoms. The number of likely N-dealkylation sites (tertiary alicyclic amines) is 2. The molecule has 2 aromatic heterocycles. The summed E-state index contributed by atoms with van der Waals surface area (Å²) in [5.74, 6) is -7.54. The smallest absolute Gasteiger partial charge is 0.410 e. The molecule has 5 aromatic rings. The van der Waals surface area contributed by atoms with Crippen molar-refractivity contribution in [1.82, 2.24) is 29.7 Å². The van der Waals surface area contributed by atoms with Gasteiger partial charge in [-0.15, -0.1) is 0 Å². The summed E-state index contributed by atoms with van der Waals surface area (Å²) in [7, 11) is 0. The van der Waals surface area contributed by atoms with Gasteiger partial charge < -0.3 is 14.7 Å². The number of amides is 1. The van der Waals surface area contributed by atoms with Gasteiger partial charge in [0, 0.05) is 23.2 Å². The van der Waals surface area contributed by atoms with E-state index in [-0.39, 0.29) is 23.2 Å². The van der Waals surface area contributed by atoms with E-state index in [1.54, 1.807) is 41.4 Å². The van der Waals surface area contributed by atoms with E-state index in [2.05, 4.69) is 26.8 Å². The van der Waals surface area contributed by atoms with Gasteiger partial charge in [0.1, 0.15) is 17.2 Å². The SMILES string of the molecule is CCCCCCCCCN1CCCC1c1ncc(-c2ccc3c(c2)C(F)(F)C(F)(F)c2cc(-c4ccc5nc([C@@H]6CCCN6C(=O)OC(C)(C)C)[nH]c5c4)ccc2-3)[nH]1. The Morgan fingerprint density at radius 2 is 1.40 bits per heavy atom. The summed E-state index contributed by atoms with van der Waals surface area (Å²) >= 11 is 0. The molecule has 1 unspecified atom stereocenters. The van der Waals surface area contributed by atoms with Gasteiger partial charge >= 0.3 is 17.9 Å². The maximum Gasteiger partial charge on any atom is 0.410 e. The predicted molar refractivity (Wildman–Crippen MR) is 219 cm³/mol. The number of benzene rings is 3. The molecule has 2 saturated heterocycles. The predicted octanol–water partition coefficient (Wildman–Crippen LogP) is 12.4. The lowest BCUT2D eigenvalue weighted by molar-refractivity contribution is -0.225. The van der Waals surface area contributed by atoms with Gasteiger partial charge in [0.05, 0.1) is 35.0 Å². The Morgan fingerprint density at radius 1 is 0.776 bits per heavy atom. The van der Waals surface area contributed by atoms with E-state index in [0.717, 1.165) is 44.6 Å². The van der Waals surface area contributed by atoms with Crippen molar-refractivity contribution in [3.63, 3.8) is 0 Å². The number of carbonyl (C=O) groups is 1. The highest BCUT2D eigenvalue weighted by Gasteiger charge is 2.62. The molecule has 3 aromatic carbocycles. The maximum atomic E-state index is 16.1. The van der Waals surface area contributed by atoms with Crippen LogP contribution in [-0.4, -0.2) is 61.1 Å². The zero-order valence-corrected chi connectivity index (χ0v) is 33.9. The summed E-state index contributed by atoms with van der Waals surface area (Å²) in [5.41, 5.74) is 1.26. The first-order valence-electron chi connectivity index (χ1n) is 21.1. The number of H-pyrrole nitrogens is 2. The molecule has 1 amide bonds. The second-order valence-corrected chi connectivity index (χ2v) is 17.4. The first kappa shape index (κ1) is 40.1. The van der Waals surface area contributed by atoms with E-state index in [1.165, 1.54) is 62.8 Å². The molecular formula is C46H54F4N6O2. The zero-order chi connectivity index (χ0) is 40.8. The highest BCUT2D eigenvalue weighted by atomic mass is 19.3. The summed E-state index contributed by atoms with van der Waals surface area (Å²) in [6, 6.07) is 13.9. The Hall–Kier alpha value is -4.71. The lowest BCUT2D eigenvalue weighted by atomic mass is 9.78. The molecule has 0 spiro atoms. The Balaban J connectivity index is 1.02. The van der Waals surface area contributed by atoms with Crippen molar-refractivity contribution < 1.29 is 27.1 Å². The van der Waals surface area contributed by atoms with Gasteiger partial charge in [-0.1, -0.05) is 75.8 Å². The van der Waals surface area contributed by atoms with E-state index >= 15 is 17.6 Å². The molecule has 8 rings (SSSR count). The van der Waals surface area contributed by atoms with Crippen LogP contribution in [0.4, 0.5) is 22.4 Å². The Morgan fingerprint density at radius 3 is 2.12 bits per heavy atom. The average Bonchev–Trinajstić information content (AvgIpc) is 4.02. The molecule has 308 valence electrons. The van der Waals surface area contributed by atoms with Crippen LogP contribution in [-0.2, 0) is 16.6 Å². The monoisotopic (exact) mass is 798 g/mol. The minimum absolute atomic E-state index is 0.0758. The van der Waals surface area contributed by atoms with Gasteiger partial charge in [-0.05, 0) is 112 Å². The van der Waals surface area contributed by atoms with Gasteiger partial charge in [0.25, 0.3) is 0 Å². The fourth-order valence-electron chi connectivity index (χ4n) is 9.05. The quantitative estimate of drug-likeness (QED) is 0.0969. The minimum Gasteiger partial charge on any atom is -0.444 e. The summed E-state index contributed by atoms with van der Waals surface area (Å²) in [5, 5.41) is 0. The summed E-state index contributed by atoms with van der Waals surface area (Å²) in [6.45, 7) is 10.2. The van der Waals surface area contributed by atoms with E-state index in [4.69, 9.17) is 9.72 Å². The third-order valence-corrected chi connectivity index (χ3v) is 12.1. The van der Waals surface area contributed by atoms with Crippen molar-refractivity contribution in [2.24, 2.45) is 0 Å². The van der Waals surface area contributed by atoms with Crippen LogP contribution in [0.5, 0.6) is 0 Å². The zero-order valence-electron chi connectivity index (χ0n) is 33.9. The maximum absolute atomic E-state index is 16.1. The number of unbranched alkanes of at least 4 members (excludes halogenated alkanes) is 6. The van der Waals surface area contributed by atoms with E-state index in [0.29, 0.717) is 52.2 Å². The molecule has 2 aliphatic heterocycles. The van der Waals surface area contributed by atoms with Crippen LogP contribution in [0.3, 0.4) is 0 Å². The van der Waals surface area contributed by atoms with Crippen molar-refractivity contribution in [2.75, 3.05) is 19.6 Å². The first-order chi connectivity index (χ1) is 27.7. The van der Waals surface area contributed by atoms with Crippen LogP contribution in [0, 0.1) is 0 Å². The molecular weight excluding hydrogens is 745 g/mol. The second kappa shape index (κ2) is 15.8. The number of nitrogens with one attached hydrogen (secondary N) is 2. The third kappa shape index (κ3) is 7.64. The summed E-state index contributed by atoms with van der Waals surface area (Å²) < 4.78 is 70.1. The van der Waals surface area contributed by atoms with Crippen LogP contribution < -0.4 is 0 Å². The number of aromatic nitrogens is 4. The number of hydrogen-bond donors (Lipinski definition) is 2. The highest BCUT2D eigenvalue weighted by Crippen LogP contribution is 2.58. The number of halogens is 4. The molecule has 2 atom stereocenters. The molecule has 8 nitrogen and oxygen atoms in total. The number of ether oxygens (including phenoxy) is 1. The number of aromatic amines is 2. The van der Waals surface area contributed by atoms with Crippen LogP contribution in [0.2, 0.25) is 0 Å². The van der Waals surface area contributed by atoms with E-state index < -0.39 is 34.7 Å². The normalized spacial score (nSPS) is 20.1. The van der Waals surface area contributed by atoms with Crippen molar-refractivity contribution >= 4 is 17.1 Å². The summed E-state index contributed by atoms with van der Waals surface area (Å²) in [6.07, 6.45) is 13.5. The fourth-order valence-corrected chi connectivity index (χ4v) is 9.05. The number of rotatable bonds is 12. The van der Waals surface area contributed by atoms with Crippen molar-refractivity contribution in [3.05, 3.63) is 83.6 Å². The van der Waals surface area contributed by atoms with Crippen LogP contribution in [0.1, 0.15) is 133 Å². The lowest BCUT2D eigenvalue weighted by Gasteiger charge is -2.35. The minimum atomic E-state index is -4.47. The van der Waals surface area contributed by atoms with Crippen molar-refractivity contribution in [1.29, 1.82) is 0 Å². The molecule has 3 aliphatic rings. The van der Waals surface area contributed by atoms with Crippen LogP contribution in [0.25, 0.3) is 44.5 Å². The summed E-state index contributed by atoms with van der Waals surface area (Å²) in [4.78, 5) is 33.1. The Kier molecular flexibility index (Phi) is 10.9. The molecule has 0 radical (unpaired) electrons. The molecule has 1 aliphatic carbocycles. The largest absolute Gasteiger partial charge is 0.444 e.